The molecule has 0 aliphatic carbocycles. The lowest BCUT2D eigenvalue weighted by Crippen LogP contribution is -2.01. The first kappa shape index (κ1) is 28.6. The molecule has 2 heteroatoms. The summed E-state index contributed by atoms with van der Waals surface area (Å²) >= 11 is 5.18. The third kappa shape index (κ3) is 25.6. The fourth-order valence-corrected chi connectivity index (χ4v) is 4.14. The molecular formula is C27H52OS. The van der Waals surface area contributed by atoms with Gasteiger partial charge in [-0.15, -0.1) is 0 Å². The van der Waals surface area contributed by atoms with Crippen LogP contribution in [0.5, 0.6) is 0 Å². The van der Waals surface area contributed by atoms with Gasteiger partial charge >= 0.3 is 0 Å². The van der Waals surface area contributed by atoms with Crippen LogP contribution < -0.4 is 0 Å². The average Bonchev–Trinajstić information content (AvgIpc) is 2.73. The molecule has 0 aromatic rings. The normalized spacial score (nSPS) is 10.9. The van der Waals surface area contributed by atoms with E-state index in [2.05, 4.69) is 13.5 Å². The Morgan fingerprint density at radius 1 is 0.586 bits per heavy atom. The number of hydrogen-bond acceptors (Lipinski definition) is 2. The van der Waals surface area contributed by atoms with Crippen LogP contribution in [0.1, 0.15) is 148 Å². The van der Waals surface area contributed by atoms with E-state index in [1.165, 1.54) is 135 Å². The summed E-state index contributed by atoms with van der Waals surface area (Å²) in [7, 11) is 0. The van der Waals surface area contributed by atoms with Crippen LogP contribution in [-0.4, -0.2) is 11.7 Å². The third-order valence-corrected chi connectivity index (χ3v) is 6.17. The van der Waals surface area contributed by atoms with Crippen molar-refractivity contribution in [3.63, 3.8) is 0 Å². The molecule has 0 fully saturated rings. The van der Waals surface area contributed by atoms with Gasteiger partial charge in [0.1, 0.15) is 6.61 Å². The molecule has 0 unspecified atom stereocenters. The zero-order valence-electron chi connectivity index (χ0n) is 19.9. The Kier molecular flexibility index (Phi) is 25.3. The SMILES string of the molecule is C=CCOC(=S)CCCCCCCCCCCCCCCCCCCCCCC. The largest absolute Gasteiger partial charge is 0.483 e. The number of unbranched alkanes of at least 4 members (excludes halogenated alkanes) is 20. The first-order valence-corrected chi connectivity index (χ1v) is 13.5. The lowest BCUT2D eigenvalue weighted by molar-refractivity contribution is 0.348. The molecule has 1 nitrogen and oxygen atoms in total. The van der Waals surface area contributed by atoms with Crippen LogP contribution in [0.2, 0.25) is 0 Å². The van der Waals surface area contributed by atoms with Gasteiger partial charge in [0.2, 0.25) is 0 Å². The zero-order valence-corrected chi connectivity index (χ0v) is 20.7. The Morgan fingerprint density at radius 3 is 1.21 bits per heavy atom. The Hall–Kier alpha value is -0.370. The summed E-state index contributed by atoms with van der Waals surface area (Å²) in [5.74, 6) is 0. The van der Waals surface area contributed by atoms with E-state index in [1.807, 2.05) is 0 Å². The smallest absolute Gasteiger partial charge is 0.160 e. The minimum absolute atomic E-state index is 0.554. The summed E-state index contributed by atoms with van der Waals surface area (Å²) in [6.45, 7) is 6.49. The maximum absolute atomic E-state index is 5.35. The van der Waals surface area contributed by atoms with Crippen molar-refractivity contribution >= 4 is 17.3 Å². The van der Waals surface area contributed by atoms with Crippen molar-refractivity contribution in [1.82, 2.24) is 0 Å². The molecule has 0 aliphatic heterocycles. The summed E-state index contributed by atoms with van der Waals surface area (Å²) in [4.78, 5) is 0. The highest BCUT2D eigenvalue weighted by molar-refractivity contribution is 7.80. The van der Waals surface area contributed by atoms with Gasteiger partial charge in [-0.3, -0.25) is 0 Å². The monoisotopic (exact) mass is 424 g/mol. The molecule has 0 rings (SSSR count). The van der Waals surface area contributed by atoms with Crippen LogP contribution in [0, 0.1) is 0 Å². The molecule has 0 aromatic heterocycles. The fourth-order valence-electron chi connectivity index (χ4n) is 3.93. The molecule has 29 heavy (non-hydrogen) atoms. The highest BCUT2D eigenvalue weighted by Crippen LogP contribution is 2.15. The Bertz CT molecular complexity index is 339. The molecule has 0 saturated heterocycles. The molecule has 0 amide bonds. The van der Waals surface area contributed by atoms with Crippen LogP contribution in [0.3, 0.4) is 0 Å². The summed E-state index contributed by atoms with van der Waals surface area (Å²) in [5.41, 5.74) is 0. The number of rotatable bonds is 24. The minimum Gasteiger partial charge on any atom is -0.483 e. The molecular weight excluding hydrogens is 372 g/mol. The second kappa shape index (κ2) is 25.7. The predicted octanol–water partition coefficient (Wildman–Crippen LogP) is 10.1. The van der Waals surface area contributed by atoms with E-state index >= 15 is 0 Å². The molecule has 0 heterocycles. The van der Waals surface area contributed by atoms with Crippen LogP contribution in [0.25, 0.3) is 0 Å². The van der Waals surface area contributed by atoms with Crippen molar-refractivity contribution in [2.45, 2.75) is 148 Å². The quantitative estimate of drug-likeness (QED) is 0.0865. The summed E-state index contributed by atoms with van der Waals surface area (Å²) in [6, 6.07) is 0. The standard InChI is InChI=1S/C27H52OS/c1-3-5-6-7-8-9-10-11-12-13-14-15-16-17-18-19-20-21-22-23-24-25-27(29)28-26-4-2/h4H,2-3,5-26H2,1H3. The fraction of sp³-hybridized carbons (Fsp3) is 0.889. The van der Waals surface area contributed by atoms with Gasteiger partial charge in [-0.25, -0.2) is 0 Å². The van der Waals surface area contributed by atoms with E-state index in [9.17, 15) is 0 Å². The maximum Gasteiger partial charge on any atom is 0.160 e. The maximum atomic E-state index is 5.35. The third-order valence-electron chi connectivity index (χ3n) is 5.85. The first-order valence-electron chi connectivity index (χ1n) is 13.1. The lowest BCUT2D eigenvalue weighted by Gasteiger charge is -2.05. The Balaban J connectivity index is 3.05. The summed E-state index contributed by atoms with van der Waals surface area (Å²) in [6.07, 6.45) is 32.6. The zero-order chi connectivity index (χ0) is 21.3. The topological polar surface area (TPSA) is 9.23 Å². The van der Waals surface area contributed by atoms with Crippen molar-refractivity contribution in [3.8, 4) is 0 Å². The number of ether oxygens (including phenoxy) is 1. The molecule has 0 radical (unpaired) electrons. The van der Waals surface area contributed by atoms with Crippen LogP contribution in [0.15, 0.2) is 12.7 Å². The van der Waals surface area contributed by atoms with Gasteiger partial charge < -0.3 is 4.74 Å². The minimum atomic E-state index is 0.554. The first-order chi connectivity index (χ1) is 14.3. The van der Waals surface area contributed by atoms with Gasteiger partial charge in [0.25, 0.3) is 0 Å². The number of hydrogen-bond donors (Lipinski definition) is 0. The van der Waals surface area contributed by atoms with Crippen LogP contribution in [0.4, 0.5) is 0 Å². The van der Waals surface area contributed by atoms with Gasteiger partial charge in [-0.05, 0) is 18.6 Å². The highest BCUT2D eigenvalue weighted by Gasteiger charge is 1.98. The van der Waals surface area contributed by atoms with Crippen molar-refractivity contribution in [2.75, 3.05) is 6.61 Å². The van der Waals surface area contributed by atoms with Gasteiger partial charge in [0.15, 0.2) is 5.05 Å². The molecule has 0 spiro atoms. The Morgan fingerprint density at radius 2 is 0.897 bits per heavy atom. The Labute approximate surface area is 189 Å². The molecule has 0 bridgehead atoms. The van der Waals surface area contributed by atoms with Crippen molar-refractivity contribution in [2.24, 2.45) is 0 Å². The van der Waals surface area contributed by atoms with E-state index in [0.29, 0.717) is 6.61 Å². The molecule has 0 aromatic carbocycles. The second-order valence-electron chi connectivity index (χ2n) is 8.79. The van der Waals surface area contributed by atoms with Gasteiger partial charge in [0, 0.05) is 6.42 Å². The van der Waals surface area contributed by atoms with E-state index in [0.717, 1.165) is 11.5 Å². The van der Waals surface area contributed by atoms with Gasteiger partial charge in [-0.2, -0.15) is 0 Å². The van der Waals surface area contributed by atoms with E-state index in [4.69, 9.17) is 17.0 Å². The predicted molar refractivity (Wildman–Crippen MR) is 136 cm³/mol. The number of thiocarbonyl (C=S) groups is 1. The van der Waals surface area contributed by atoms with Crippen molar-refractivity contribution < 1.29 is 4.74 Å². The molecule has 0 saturated carbocycles. The van der Waals surface area contributed by atoms with Crippen LogP contribution in [-0.2, 0) is 4.74 Å². The highest BCUT2D eigenvalue weighted by atomic mass is 32.1. The molecule has 0 N–H and O–H groups in total. The van der Waals surface area contributed by atoms with Gasteiger partial charge in [-0.1, -0.05) is 148 Å². The van der Waals surface area contributed by atoms with Crippen molar-refractivity contribution in [1.29, 1.82) is 0 Å². The van der Waals surface area contributed by atoms with Gasteiger partial charge in [0.05, 0.1) is 0 Å². The molecule has 0 aliphatic rings. The lowest BCUT2D eigenvalue weighted by atomic mass is 10.0. The summed E-state index contributed by atoms with van der Waals surface area (Å²) in [5, 5.41) is 0.753. The van der Waals surface area contributed by atoms with E-state index in [1.54, 1.807) is 6.08 Å². The van der Waals surface area contributed by atoms with Crippen LogP contribution >= 0.6 is 12.2 Å². The average molecular weight is 425 g/mol. The summed E-state index contributed by atoms with van der Waals surface area (Å²) < 4.78 is 5.35. The van der Waals surface area contributed by atoms with E-state index in [-0.39, 0.29) is 0 Å². The second-order valence-corrected chi connectivity index (χ2v) is 9.25. The van der Waals surface area contributed by atoms with E-state index < -0.39 is 0 Å². The molecule has 172 valence electrons. The molecule has 0 atom stereocenters. The van der Waals surface area contributed by atoms with Crippen molar-refractivity contribution in [3.05, 3.63) is 12.7 Å².